The van der Waals surface area contributed by atoms with Gasteiger partial charge in [-0.25, -0.2) is 9.59 Å². The summed E-state index contributed by atoms with van der Waals surface area (Å²) in [6, 6.07) is 11.1. The Bertz CT molecular complexity index is 1980. The number of halogens is 1. The Labute approximate surface area is 281 Å². The Balaban J connectivity index is 1.40. The summed E-state index contributed by atoms with van der Waals surface area (Å²) >= 11 is 7.81. The Hall–Kier alpha value is -4.99. The first-order valence-electron chi connectivity index (χ1n) is 14.7. The average Bonchev–Trinajstić information content (AvgIpc) is 3.47. The number of carboxylic acid groups (broad SMARTS) is 1. The lowest BCUT2D eigenvalue weighted by molar-refractivity contribution is -0.116. The molecule has 0 radical (unpaired) electrons. The van der Waals surface area contributed by atoms with Crippen molar-refractivity contribution in [1.82, 2.24) is 20.1 Å². The van der Waals surface area contributed by atoms with Crippen LogP contribution in [0, 0.1) is 32.6 Å². The van der Waals surface area contributed by atoms with Gasteiger partial charge in [0, 0.05) is 32.3 Å². The third kappa shape index (κ3) is 7.53. The van der Waals surface area contributed by atoms with Gasteiger partial charge in [-0.15, -0.1) is 21.5 Å². The normalized spacial score (nSPS) is 13.7. The first-order valence-corrected chi connectivity index (χ1v) is 15.9. The fourth-order valence-electron chi connectivity index (χ4n) is 5.00. The van der Waals surface area contributed by atoms with Crippen LogP contribution in [0.25, 0.3) is 5.00 Å². The summed E-state index contributed by atoms with van der Waals surface area (Å²) in [6.45, 7) is 11.2. The second kappa shape index (κ2) is 13.4. The predicted molar refractivity (Wildman–Crippen MR) is 181 cm³/mol. The number of benzene rings is 2. The zero-order valence-electron chi connectivity index (χ0n) is 26.7. The van der Waals surface area contributed by atoms with Gasteiger partial charge >= 0.3 is 12.1 Å². The minimum Gasteiger partial charge on any atom is -0.478 e. The molecule has 3 N–H and O–H groups in total. The van der Waals surface area contributed by atoms with E-state index in [0.717, 1.165) is 32.3 Å². The highest BCUT2D eigenvalue weighted by atomic mass is 35.5. The first kappa shape index (κ1) is 33.4. The van der Waals surface area contributed by atoms with Gasteiger partial charge in [0.25, 0.3) is 0 Å². The standard InChI is InChI=1S/C34H33ClN6O5S/c1-18-19(2)47-31-28(18)29(22-9-12-23(35)13-10-22)38-26(30-40-39-20(3)41(30)31)17-27(42)37-24-14-11-21(25(16-24)32(43)44)8-7-15-36-33(45)46-34(4,5)6/h9-14,16,26H,15,17H2,1-6H3,(H,36,45)(H,37,42)(H,43,44)/t26-/m0/s1. The van der Waals surface area contributed by atoms with Crippen LogP contribution < -0.4 is 10.6 Å². The minimum absolute atomic E-state index is 0.0395. The first-order chi connectivity index (χ1) is 22.2. The summed E-state index contributed by atoms with van der Waals surface area (Å²) in [5.74, 6) is 5.08. The molecule has 242 valence electrons. The maximum Gasteiger partial charge on any atom is 0.408 e. The lowest BCUT2D eigenvalue weighted by Crippen LogP contribution is -2.32. The van der Waals surface area contributed by atoms with Crippen LogP contribution in [0.2, 0.25) is 5.02 Å². The number of carboxylic acids is 1. The molecule has 4 aromatic rings. The van der Waals surface area contributed by atoms with Crippen LogP contribution in [-0.2, 0) is 9.53 Å². The monoisotopic (exact) mass is 672 g/mol. The van der Waals surface area contributed by atoms with Gasteiger partial charge in [0.05, 0.1) is 24.2 Å². The molecule has 47 heavy (non-hydrogen) atoms. The summed E-state index contributed by atoms with van der Waals surface area (Å²) in [5, 5.41) is 25.4. The fraction of sp³-hybridized carbons (Fsp3) is 0.294. The number of aryl methyl sites for hydroxylation is 2. The molecule has 0 saturated carbocycles. The van der Waals surface area contributed by atoms with E-state index >= 15 is 0 Å². The third-order valence-corrected chi connectivity index (χ3v) is 8.66. The lowest BCUT2D eigenvalue weighted by atomic mass is 9.99. The number of rotatable bonds is 6. The Morgan fingerprint density at radius 3 is 2.49 bits per heavy atom. The van der Waals surface area contributed by atoms with E-state index in [4.69, 9.17) is 21.3 Å². The van der Waals surface area contributed by atoms with E-state index in [2.05, 4.69) is 39.6 Å². The fourth-order valence-corrected chi connectivity index (χ4v) is 6.34. The second-order valence-corrected chi connectivity index (χ2v) is 13.5. The number of amides is 2. The van der Waals surface area contributed by atoms with Crippen molar-refractivity contribution in [2.75, 3.05) is 11.9 Å². The molecule has 0 aliphatic carbocycles. The number of aliphatic imine (C=N–C) groups is 1. The third-order valence-electron chi connectivity index (χ3n) is 7.21. The summed E-state index contributed by atoms with van der Waals surface area (Å²) in [7, 11) is 0. The molecule has 0 fully saturated rings. The summed E-state index contributed by atoms with van der Waals surface area (Å²) in [5.41, 5.74) is 3.35. The van der Waals surface area contributed by atoms with Crippen molar-refractivity contribution in [2.45, 2.75) is 59.6 Å². The minimum atomic E-state index is -1.22. The van der Waals surface area contributed by atoms with Gasteiger partial charge in [0.1, 0.15) is 22.5 Å². The van der Waals surface area contributed by atoms with Crippen molar-refractivity contribution >= 4 is 52.3 Å². The van der Waals surface area contributed by atoms with Crippen molar-refractivity contribution in [3.05, 3.63) is 91.8 Å². The average molecular weight is 673 g/mol. The number of ether oxygens (including phenoxy) is 1. The number of alkyl carbamates (subject to hydrolysis) is 1. The van der Waals surface area contributed by atoms with Gasteiger partial charge in [-0.3, -0.25) is 14.4 Å². The highest BCUT2D eigenvalue weighted by Gasteiger charge is 2.32. The number of anilines is 1. The van der Waals surface area contributed by atoms with E-state index in [-0.39, 0.29) is 29.8 Å². The number of aromatic nitrogens is 3. The van der Waals surface area contributed by atoms with Crippen LogP contribution in [-0.4, -0.2) is 55.7 Å². The summed E-state index contributed by atoms with van der Waals surface area (Å²) in [4.78, 5) is 43.6. The van der Waals surface area contributed by atoms with Crippen molar-refractivity contribution in [3.8, 4) is 16.8 Å². The summed E-state index contributed by atoms with van der Waals surface area (Å²) in [6.07, 6.45) is -0.710. The van der Waals surface area contributed by atoms with E-state index in [1.54, 1.807) is 50.3 Å². The molecule has 3 heterocycles. The molecular weight excluding hydrogens is 640 g/mol. The van der Waals surface area contributed by atoms with E-state index in [9.17, 15) is 19.5 Å². The number of hydrogen-bond acceptors (Lipinski definition) is 8. The lowest BCUT2D eigenvalue weighted by Gasteiger charge is -2.19. The van der Waals surface area contributed by atoms with Gasteiger partial charge in [-0.05, 0) is 77.4 Å². The van der Waals surface area contributed by atoms with Crippen LogP contribution in [0.1, 0.15) is 82.4 Å². The van der Waals surface area contributed by atoms with Crippen LogP contribution in [0.5, 0.6) is 0 Å². The van der Waals surface area contributed by atoms with E-state index < -0.39 is 29.6 Å². The van der Waals surface area contributed by atoms with Gasteiger partial charge in [-0.2, -0.15) is 0 Å². The molecule has 1 atom stereocenters. The Kier molecular flexibility index (Phi) is 9.51. The number of thiophene rings is 1. The molecule has 11 nitrogen and oxygen atoms in total. The zero-order valence-corrected chi connectivity index (χ0v) is 28.3. The van der Waals surface area contributed by atoms with Gasteiger partial charge in [-0.1, -0.05) is 35.6 Å². The molecule has 2 aromatic carbocycles. The second-order valence-electron chi connectivity index (χ2n) is 11.9. The van der Waals surface area contributed by atoms with Crippen molar-refractivity contribution in [1.29, 1.82) is 0 Å². The largest absolute Gasteiger partial charge is 0.478 e. The molecule has 2 amide bonds. The molecule has 5 rings (SSSR count). The van der Waals surface area contributed by atoms with Crippen LogP contribution in [0.4, 0.5) is 10.5 Å². The molecule has 0 bridgehead atoms. The molecule has 2 aromatic heterocycles. The summed E-state index contributed by atoms with van der Waals surface area (Å²) < 4.78 is 7.12. The molecule has 13 heteroatoms. The number of nitrogens with zero attached hydrogens (tertiary/aromatic N) is 4. The van der Waals surface area contributed by atoms with Crippen LogP contribution >= 0.6 is 22.9 Å². The maximum atomic E-state index is 13.5. The number of hydrogen-bond donors (Lipinski definition) is 3. The van der Waals surface area contributed by atoms with E-state index in [0.29, 0.717) is 16.7 Å². The van der Waals surface area contributed by atoms with Crippen LogP contribution in [0.3, 0.4) is 0 Å². The van der Waals surface area contributed by atoms with Gasteiger partial charge in [0.2, 0.25) is 5.91 Å². The number of fused-ring (bicyclic) bond motifs is 3. The number of carbonyl (C=O) groups excluding carboxylic acids is 2. The topological polar surface area (TPSA) is 148 Å². The smallest absolute Gasteiger partial charge is 0.408 e. The number of nitrogens with one attached hydrogen (secondary N) is 2. The quantitative estimate of drug-likeness (QED) is 0.201. The molecule has 0 unspecified atom stereocenters. The highest BCUT2D eigenvalue weighted by molar-refractivity contribution is 7.15. The predicted octanol–water partition coefficient (Wildman–Crippen LogP) is 6.40. The molecule has 1 aliphatic heterocycles. The Morgan fingerprint density at radius 1 is 1.09 bits per heavy atom. The van der Waals surface area contributed by atoms with Crippen LogP contribution in [0.15, 0.2) is 47.5 Å². The SMILES string of the molecule is Cc1sc2c(c1C)C(c1ccc(Cl)cc1)=N[C@@H](CC(=O)Nc1ccc(C#CCNC(=O)OC(C)(C)C)c(C(=O)O)c1)c1nnc(C)n1-2. The molecular formula is C34H33ClN6O5S. The number of carbonyl (C=O) groups is 3. The Morgan fingerprint density at radius 2 is 1.81 bits per heavy atom. The van der Waals surface area contributed by atoms with Gasteiger partial charge < -0.3 is 20.5 Å². The number of aromatic carboxylic acids is 1. The maximum absolute atomic E-state index is 13.5. The molecule has 1 aliphatic rings. The molecule has 0 saturated heterocycles. The van der Waals surface area contributed by atoms with Gasteiger partial charge in [0.15, 0.2) is 5.82 Å². The highest BCUT2D eigenvalue weighted by Crippen LogP contribution is 2.39. The van der Waals surface area contributed by atoms with Crippen molar-refractivity contribution in [2.24, 2.45) is 4.99 Å². The van der Waals surface area contributed by atoms with Crippen molar-refractivity contribution in [3.63, 3.8) is 0 Å². The van der Waals surface area contributed by atoms with E-state index in [1.807, 2.05) is 30.5 Å². The van der Waals surface area contributed by atoms with E-state index in [1.165, 1.54) is 12.1 Å². The van der Waals surface area contributed by atoms with Crippen molar-refractivity contribution < 1.29 is 24.2 Å². The molecule has 0 spiro atoms. The zero-order chi connectivity index (χ0) is 34.0.